The maximum absolute atomic E-state index is 12.9. The average Bonchev–Trinajstić information content (AvgIpc) is 2.88. The molecule has 2 aromatic carbocycles. The number of primary amides is 1. The molecule has 1 aliphatic rings. The summed E-state index contributed by atoms with van der Waals surface area (Å²) in [7, 11) is 0. The van der Waals surface area contributed by atoms with Crippen LogP contribution in [0.15, 0.2) is 47.5 Å². The second kappa shape index (κ2) is 7.46. The van der Waals surface area contributed by atoms with Gasteiger partial charge < -0.3 is 21.3 Å². The van der Waals surface area contributed by atoms with Crippen LogP contribution in [0, 0.1) is 5.82 Å². The van der Waals surface area contributed by atoms with Crippen molar-refractivity contribution in [3.8, 4) is 0 Å². The molecular weight excluding hydrogens is 349 g/mol. The predicted molar refractivity (Wildman–Crippen MR) is 100 cm³/mol. The molecule has 1 amide bonds. The van der Waals surface area contributed by atoms with Gasteiger partial charge in [-0.05, 0) is 48.7 Å². The zero-order valence-corrected chi connectivity index (χ0v) is 14.9. The third kappa shape index (κ3) is 3.84. The van der Waals surface area contributed by atoms with Crippen molar-refractivity contribution in [2.75, 3.05) is 6.54 Å². The Kier molecular flexibility index (Phi) is 5.25. The molecule has 2 unspecified atom stereocenters. The second-order valence-electron chi connectivity index (χ2n) is 6.69. The van der Waals surface area contributed by atoms with E-state index in [4.69, 9.17) is 5.73 Å². The highest BCUT2D eigenvalue weighted by molar-refractivity contribution is 5.88. The second-order valence-corrected chi connectivity index (χ2v) is 6.69. The summed E-state index contributed by atoms with van der Waals surface area (Å²) in [5.41, 5.74) is 5.72. The first-order valence-electron chi connectivity index (χ1n) is 8.68. The summed E-state index contributed by atoms with van der Waals surface area (Å²) in [5.74, 6) is -0.593. The fraction of sp³-hybridized carbons (Fsp3) is 0.300. The van der Waals surface area contributed by atoms with Crippen molar-refractivity contribution in [1.29, 1.82) is 0 Å². The molecule has 0 radical (unpaired) electrons. The quantitative estimate of drug-likeness (QED) is 0.469. The van der Waals surface area contributed by atoms with Crippen LogP contribution in [-0.2, 0) is 23.2 Å². The van der Waals surface area contributed by atoms with Gasteiger partial charge in [0.25, 0.3) is 5.91 Å². The molecule has 2 atom stereocenters. The molecular formula is C20H22FN3O3. The van der Waals surface area contributed by atoms with Crippen LogP contribution in [-0.4, -0.2) is 34.6 Å². The van der Waals surface area contributed by atoms with E-state index in [1.807, 2.05) is 0 Å². The topological polar surface area (TPSA) is 108 Å². The SMILES string of the molecule is CC(=Nc1ccc2c(c1)C(O)(C(N)=O)C(O)C2)NCCc1ccc(F)cc1. The van der Waals surface area contributed by atoms with E-state index in [1.165, 1.54) is 12.1 Å². The Morgan fingerprint density at radius 2 is 2.04 bits per heavy atom. The lowest BCUT2D eigenvalue weighted by Crippen LogP contribution is -2.47. The molecule has 142 valence electrons. The van der Waals surface area contributed by atoms with E-state index in [0.717, 1.165) is 5.56 Å². The van der Waals surface area contributed by atoms with E-state index in [0.29, 0.717) is 35.6 Å². The summed E-state index contributed by atoms with van der Waals surface area (Å²) in [6.07, 6.45) is -0.391. The van der Waals surface area contributed by atoms with Crippen LogP contribution in [0.3, 0.4) is 0 Å². The third-order valence-electron chi connectivity index (χ3n) is 4.78. The number of nitrogens with zero attached hydrogens (tertiary/aromatic N) is 1. The summed E-state index contributed by atoms with van der Waals surface area (Å²) in [4.78, 5) is 16.1. The highest BCUT2D eigenvalue weighted by Gasteiger charge is 2.49. The number of hydrogen-bond donors (Lipinski definition) is 4. The number of benzene rings is 2. The largest absolute Gasteiger partial charge is 0.389 e. The fourth-order valence-electron chi connectivity index (χ4n) is 3.27. The molecule has 0 heterocycles. The number of hydrogen-bond acceptors (Lipinski definition) is 4. The van der Waals surface area contributed by atoms with E-state index in [2.05, 4.69) is 10.3 Å². The number of fused-ring (bicyclic) bond motifs is 1. The molecule has 0 aliphatic heterocycles. The molecule has 1 aliphatic carbocycles. The molecule has 0 aromatic heterocycles. The summed E-state index contributed by atoms with van der Waals surface area (Å²) < 4.78 is 12.9. The van der Waals surface area contributed by atoms with Gasteiger partial charge in [-0.15, -0.1) is 0 Å². The number of aliphatic imine (C=N–C) groups is 1. The lowest BCUT2D eigenvalue weighted by molar-refractivity contribution is -0.148. The first kappa shape index (κ1) is 19.0. The normalized spacial score (nSPS) is 21.8. The zero-order chi connectivity index (χ0) is 19.6. The molecule has 7 heteroatoms. The monoisotopic (exact) mass is 371 g/mol. The van der Waals surface area contributed by atoms with Crippen LogP contribution >= 0.6 is 0 Å². The molecule has 6 nitrogen and oxygen atoms in total. The van der Waals surface area contributed by atoms with Crippen molar-refractivity contribution in [1.82, 2.24) is 5.32 Å². The lowest BCUT2D eigenvalue weighted by Gasteiger charge is -2.23. The van der Waals surface area contributed by atoms with Gasteiger partial charge in [0.15, 0.2) is 5.60 Å². The van der Waals surface area contributed by atoms with Gasteiger partial charge in [-0.2, -0.15) is 0 Å². The number of aliphatic hydroxyl groups excluding tert-OH is 1. The Balaban J connectivity index is 1.69. The van der Waals surface area contributed by atoms with Crippen molar-refractivity contribution in [3.05, 3.63) is 65.0 Å². The van der Waals surface area contributed by atoms with E-state index >= 15 is 0 Å². The lowest BCUT2D eigenvalue weighted by atomic mass is 9.93. The van der Waals surface area contributed by atoms with Gasteiger partial charge in [-0.1, -0.05) is 18.2 Å². The number of amidine groups is 1. The van der Waals surface area contributed by atoms with Crippen molar-refractivity contribution in [2.45, 2.75) is 31.5 Å². The van der Waals surface area contributed by atoms with Gasteiger partial charge in [0, 0.05) is 18.5 Å². The summed E-state index contributed by atoms with van der Waals surface area (Å²) in [6, 6.07) is 11.4. The molecule has 27 heavy (non-hydrogen) atoms. The van der Waals surface area contributed by atoms with Gasteiger partial charge >= 0.3 is 0 Å². The number of nitrogens with one attached hydrogen (secondary N) is 1. The Bertz CT molecular complexity index is 883. The Morgan fingerprint density at radius 1 is 1.33 bits per heavy atom. The van der Waals surface area contributed by atoms with Crippen molar-refractivity contribution in [2.24, 2.45) is 10.7 Å². The Hall–Kier alpha value is -2.77. The molecule has 3 rings (SSSR count). The van der Waals surface area contributed by atoms with Gasteiger partial charge in [0.2, 0.25) is 0 Å². The molecule has 0 saturated heterocycles. The minimum atomic E-state index is -2.09. The van der Waals surface area contributed by atoms with E-state index in [9.17, 15) is 19.4 Å². The van der Waals surface area contributed by atoms with Crippen molar-refractivity contribution in [3.63, 3.8) is 0 Å². The minimum Gasteiger partial charge on any atom is -0.389 e. The van der Waals surface area contributed by atoms with Crippen molar-refractivity contribution >= 4 is 17.4 Å². The Labute approximate surface area is 156 Å². The average molecular weight is 371 g/mol. The summed E-state index contributed by atoms with van der Waals surface area (Å²) in [6.45, 7) is 2.42. The first-order chi connectivity index (χ1) is 12.8. The number of nitrogens with two attached hydrogens (primary N) is 1. The van der Waals surface area contributed by atoms with E-state index in [-0.39, 0.29) is 12.2 Å². The fourth-order valence-corrected chi connectivity index (χ4v) is 3.27. The van der Waals surface area contributed by atoms with Crippen LogP contribution in [0.1, 0.15) is 23.6 Å². The van der Waals surface area contributed by atoms with Crippen LogP contribution in [0.5, 0.6) is 0 Å². The van der Waals surface area contributed by atoms with Gasteiger partial charge in [0.1, 0.15) is 11.9 Å². The molecule has 5 N–H and O–H groups in total. The van der Waals surface area contributed by atoms with Crippen LogP contribution in [0.25, 0.3) is 0 Å². The number of carbonyl (C=O) groups excluding carboxylic acids is 1. The minimum absolute atomic E-state index is 0.160. The maximum Gasteiger partial charge on any atom is 0.256 e. The number of halogens is 1. The summed E-state index contributed by atoms with van der Waals surface area (Å²) >= 11 is 0. The molecule has 0 bridgehead atoms. The highest BCUT2D eigenvalue weighted by atomic mass is 19.1. The van der Waals surface area contributed by atoms with Crippen molar-refractivity contribution < 1.29 is 19.4 Å². The highest BCUT2D eigenvalue weighted by Crippen LogP contribution is 2.39. The molecule has 2 aromatic rings. The van der Waals surface area contributed by atoms with Crippen LogP contribution in [0.4, 0.5) is 10.1 Å². The molecule has 0 saturated carbocycles. The van der Waals surface area contributed by atoms with Crippen LogP contribution in [0.2, 0.25) is 0 Å². The predicted octanol–water partition coefficient (Wildman–Crippen LogP) is 1.30. The zero-order valence-electron chi connectivity index (χ0n) is 14.9. The van der Waals surface area contributed by atoms with E-state index in [1.54, 1.807) is 37.3 Å². The smallest absolute Gasteiger partial charge is 0.256 e. The van der Waals surface area contributed by atoms with Crippen LogP contribution < -0.4 is 11.1 Å². The number of rotatable bonds is 5. The number of carbonyl (C=O) groups is 1. The van der Waals surface area contributed by atoms with Gasteiger partial charge in [-0.3, -0.25) is 4.79 Å². The molecule has 0 spiro atoms. The standard InChI is InChI=1S/C20H22FN3O3/c1-12(23-9-8-13-2-5-15(21)6-3-13)24-16-7-4-14-10-18(25)20(27,19(22)26)17(14)11-16/h2-7,11,18,25,27H,8-10H2,1H3,(H2,22,26)(H,23,24). The van der Waals surface area contributed by atoms with Gasteiger partial charge in [-0.25, -0.2) is 9.38 Å². The Morgan fingerprint density at radius 3 is 2.70 bits per heavy atom. The summed E-state index contributed by atoms with van der Waals surface area (Å²) in [5, 5.41) is 23.7. The third-order valence-corrected chi connectivity index (χ3v) is 4.78. The maximum atomic E-state index is 12.9. The molecule has 0 fully saturated rings. The van der Waals surface area contributed by atoms with E-state index < -0.39 is 17.6 Å². The van der Waals surface area contributed by atoms with Gasteiger partial charge in [0.05, 0.1) is 11.5 Å². The number of amides is 1. The number of aliphatic hydroxyl groups is 2. The first-order valence-corrected chi connectivity index (χ1v) is 8.68.